The summed E-state index contributed by atoms with van der Waals surface area (Å²) in [6, 6.07) is 3.39. The SMILES string of the molecule is Cc1ccc(C(C)NC(=O)NCCCn2cncn2)o1. The molecule has 0 saturated heterocycles. The number of nitrogens with one attached hydrogen (secondary N) is 2. The lowest BCUT2D eigenvalue weighted by Crippen LogP contribution is -2.37. The smallest absolute Gasteiger partial charge is 0.315 e. The molecule has 108 valence electrons. The number of hydrogen-bond acceptors (Lipinski definition) is 4. The molecule has 0 fully saturated rings. The summed E-state index contributed by atoms with van der Waals surface area (Å²) in [5.41, 5.74) is 0. The third kappa shape index (κ3) is 4.11. The highest BCUT2D eigenvalue weighted by molar-refractivity contribution is 5.74. The molecule has 7 nitrogen and oxygen atoms in total. The molecule has 1 atom stereocenters. The van der Waals surface area contributed by atoms with Crippen molar-refractivity contribution in [2.75, 3.05) is 6.54 Å². The topological polar surface area (TPSA) is 85.0 Å². The Morgan fingerprint density at radius 2 is 2.35 bits per heavy atom. The summed E-state index contributed by atoms with van der Waals surface area (Å²) in [4.78, 5) is 15.5. The first-order valence-electron chi connectivity index (χ1n) is 6.58. The van der Waals surface area contributed by atoms with E-state index in [1.165, 1.54) is 6.33 Å². The Bertz CT molecular complexity index is 535. The lowest BCUT2D eigenvalue weighted by molar-refractivity contribution is 0.235. The van der Waals surface area contributed by atoms with E-state index < -0.39 is 0 Å². The molecule has 0 spiro atoms. The highest BCUT2D eigenvalue weighted by Crippen LogP contribution is 2.14. The fourth-order valence-electron chi connectivity index (χ4n) is 1.80. The van der Waals surface area contributed by atoms with Gasteiger partial charge in [-0.3, -0.25) is 4.68 Å². The Kier molecular flexibility index (Phi) is 4.75. The van der Waals surface area contributed by atoms with Gasteiger partial charge in [0.25, 0.3) is 0 Å². The number of furan rings is 1. The molecular weight excluding hydrogens is 258 g/mol. The quantitative estimate of drug-likeness (QED) is 0.786. The molecule has 0 aliphatic heterocycles. The molecular formula is C13H19N5O2. The van der Waals surface area contributed by atoms with Gasteiger partial charge in [-0.1, -0.05) is 0 Å². The van der Waals surface area contributed by atoms with Crippen LogP contribution in [0.3, 0.4) is 0 Å². The first kappa shape index (κ1) is 14.1. The molecule has 2 heterocycles. The maximum absolute atomic E-state index is 11.7. The number of aromatic nitrogens is 3. The van der Waals surface area contributed by atoms with E-state index in [-0.39, 0.29) is 12.1 Å². The van der Waals surface area contributed by atoms with E-state index in [2.05, 4.69) is 20.7 Å². The van der Waals surface area contributed by atoms with Gasteiger partial charge in [0, 0.05) is 13.1 Å². The monoisotopic (exact) mass is 277 g/mol. The normalized spacial score (nSPS) is 12.1. The van der Waals surface area contributed by atoms with Gasteiger partial charge in [-0.15, -0.1) is 0 Å². The van der Waals surface area contributed by atoms with E-state index in [4.69, 9.17) is 4.42 Å². The molecule has 2 aromatic rings. The van der Waals surface area contributed by atoms with E-state index in [1.54, 1.807) is 11.0 Å². The van der Waals surface area contributed by atoms with Crippen LogP contribution >= 0.6 is 0 Å². The summed E-state index contributed by atoms with van der Waals surface area (Å²) in [6.07, 6.45) is 3.94. The molecule has 0 aliphatic carbocycles. The van der Waals surface area contributed by atoms with Crippen LogP contribution in [-0.2, 0) is 6.54 Å². The molecule has 2 aromatic heterocycles. The van der Waals surface area contributed by atoms with Gasteiger partial charge in [0.15, 0.2) is 0 Å². The Morgan fingerprint density at radius 1 is 1.50 bits per heavy atom. The molecule has 20 heavy (non-hydrogen) atoms. The van der Waals surface area contributed by atoms with Crippen molar-refractivity contribution in [2.24, 2.45) is 0 Å². The van der Waals surface area contributed by atoms with Gasteiger partial charge in [-0.05, 0) is 32.4 Å². The van der Waals surface area contributed by atoms with Crippen LogP contribution in [0.4, 0.5) is 4.79 Å². The van der Waals surface area contributed by atoms with Crippen molar-refractivity contribution in [1.29, 1.82) is 0 Å². The van der Waals surface area contributed by atoms with Crippen LogP contribution in [-0.4, -0.2) is 27.3 Å². The molecule has 1 unspecified atom stereocenters. The van der Waals surface area contributed by atoms with Crippen molar-refractivity contribution in [1.82, 2.24) is 25.4 Å². The number of aryl methyl sites for hydroxylation is 2. The Balaban J connectivity index is 1.65. The van der Waals surface area contributed by atoms with Gasteiger partial charge in [-0.2, -0.15) is 5.10 Å². The molecule has 2 amide bonds. The van der Waals surface area contributed by atoms with Crippen molar-refractivity contribution in [2.45, 2.75) is 32.9 Å². The number of carbonyl (C=O) groups is 1. The molecule has 0 radical (unpaired) electrons. The van der Waals surface area contributed by atoms with Crippen LogP contribution < -0.4 is 10.6 Å². The highest BCUT2D eigenvalue weighted by atomic mass is 16.3. The van der Waals surface area contributed by atoms with E-state index >= 15 is 0 Å². The summed E-state index contributed by atoms with van der Waals surface area (Å²) in [6.45, 7) is 5.07. The predicted molar refractivity (Wildman–Crippen MR) is 73.0 cm³/mol. The second-order valence-electron chi connectivity index (χ2n) is 4.58. The molecule has 0 bridgehead atoms. The number of hydrogen-bond donors (Lipinski definition) is 2. The largest absolute Gasteiger partial charge is 0.464 e. The summed E-state index contributed by atoms with van der Waals surface area (Å²) in [5.74, 6) is 1.59. The highest BCUT2D eigenvalue weighted by Gasteiger charge is 2.11. The molecule has 2 rings (SSSR count). The van der Waals surface area contributed by atoms with Gasteiger partial charge in [0.05, 0.1) is 6.04 Å². The number of urea groups is 1. The van der Waals surface area contributed by atoms with Crippen LogP contribution in [0.15, 0.2) is 29.2 Å². The second kappa shape index (κ2) is 6.74. The number of nitrogens with zero attached hydrogens (tertiary/aromatic N) is 3. The summed E-state index contributed by atoms with van der Waals surface area (Å²) < 4.78 is 7.19. The first-order valence-corrected chi connectivity index (χ1v) is 6.58. The minimum absolute atomic E-state index is 0.154. The van der Waals surface area contributed by atoms with Crippen LogP contribution in [0.25, 0.3) is 0 Å². The third-order valence-corrected chi connectivity index (χ3v) is 2.85. The fraction of sp³-hybridized carbons (Fsp3) is 0.462. The van der Waals surface area contributed by atoms with Crippen LogP contribution in [0.1, 0.15) is 30.9 Å². The standard InChI is InChI=1S/C13H19N5O2/c1-10-4-5-12(20-10)11(2)17-13(19)15-6-3-7-18-9-14-8-16-18/h4-5,8-9,11H,3,6-7H2,1-2H3,(H2,15,17,19). The van der Waals surface area contributed by atoms with Gasteiger partial charge in [0.1, 0.15) is 24.2 Å². The Labute approximate surface area is 117 Å². The van der Waals surface area contributed by atoms with E-state index in [9.17, 15) is 4.79 Å². The first-order chi connectivity index (χ1) is 9.65. The summed E-state index contributed by atoms with van der Waals surface area (Å²) in [5, 5.41) is 9.61. The van der Waals surface area contributed by atoms with Crippen molar-refractivity contribution in [3.8, 4) is 0 Å². The van der Waals surface area contributed by atoms with Gasteiger partial charge in [-0.25, -0.2) is 9.78 Å². The zero-order valence-corrected chi connectivity index (χ0v) is 11.7. The lowest BCUT2D eigenvalue weighted by atomic mass is 10.2. The minimum atomic E-state index is -0.204. The summed E-state index contributed by atoms with van der Waals surface area (Å²) in [7, 11) is 0. The number of amides is 2. The van der Waals surface area contributed by atoms with Crippen molar-refractivity contribution < 1.29 is 9.21 Å². The van der Waals surface area contributed by atoms with E-state index in [0.29, 0.717) is 6.54 Å². The van der Waals surface area contributed by atoms with Crippen molar-refractivity contribution in [3.63, 3.8) is 0 Å². The number of carbonyl (C=O) groups excluding carboxylic acids is 1. The average Bonchev–Trinajstić information content (AvgIpc) is 3.06. The predicted octanol–water partition coefficient (Wildman–Crippen LogP) is 1.63. The maximum atomic E-state index is 11.7. The van der Waals surface area contributed by atoms with E-state index in [1.807, 2.05) is 26.0 Å². The van der Waals surface area contributed by atoms with Crippen LogP contribution in [0.5, 0.6) is 0 Å². The van der Waals surface area contributed by atoms with Crippen LogP contribution in [0.2, 0.25) is 0 Å². The second-order valence-corrected chi connectivity index (χ2v) is 4.58. The Morgan fingerprint density at radius 3 is 3.00 bits per heavy atom. The van der Waals surface area contributed by atoms with Gasteiger partial charge < -0.3 is 15.1 Å². The number of rotatable bonds is 6. The molecule has 0 saturated carbocycles. The Hall–Kier alpha value is -2.31. The summed E-state index contributed by atoms with van der Waals surface area (Å²) >= 11 is 0. The van der Waals surface area contributed by atoms with Crippen LogP contribution in [0, 0.1) is 6.92 Å². The average molecular weight is 277 g/mol. The fourth-order valence-corrected chi connectivity index (χ4v) is 1.80. The van der Waals surface area contributed by atoms with E-state index in [0.717, 1.165) is 24.5 Å². The van der Waals surface area contributed by atoms with Gasteiger partial charge in [0.2, 0.25) is 0 Å². The molecule has 2 N–H and O–H groups in total. The zero-order chi connectivity index (χ0) is 14.4. The van der Waals surface area contributed by atoms with Crippen molar-refractivity contribution >= 4 is 6.03 Å². The van der Waals surface area contributed by atoms with Gasteiger partial charge >= 0.3 is 6.03 Å². The maximum Gasteiger partial charge on any atom is 0.315 e. The zero-order valence-electron chi connectivity index (χ0n) is 11.7. The lowest BCUT2D eigenvalue weighted by Gasteiger charge is -2.12. The minimum Gasteiger partial charge on any atom is -0.464 e. The molecule has 0 aliphatic rings. The molecule has 0 aromatic carbocycles. The molecule has 7 heteroatoms. The third-order valence-electron chi connectivity index (χ3n) is 2.85. The van der Waals surface area contributed by atoms with Crippen molar-refractivity contribution in [3.05, 3.63) is 36.3 Å².